The summed E-state index contributed by atoms with van der Waals surface area (Å²) in [4.78, 5) is 23.8. The lowest BCUT2D eigenvalue weighted by Gasteiger charge is -2.24. The lowest BCUT2D eigenvalue weighted by atomic mass is 10.1. The van der Waals surface area contributed by atoms with E-state index in [1.54, 1.807) is 4.90 Å². The Hall–Kier alpha value is -0.970. The Morgan fingerprint density at radius 2 is 2.06 bits per heavy atom. The van der Waals surface area contributed by atoms with Gasteiger partial charge in [-0.1, -0.05) is 0 Å². The van der Waals surface area contributed by atoms with E-state index in [1.807, 2.05) is 20.8 Å². The van der Waals surface area contributed by atoms with Gasteiger partial charge < -0.3 is 14.4 Å². The number of carbonyl (C=O) groups is 2. The minimum absolute atomic E-state index is 0.144. The highest BCUT2D eigenvalue weighted by atomic mass is 35.5. The highest BCUT2D eigenvalue weighted by molar-refractivity contribution is 6.61. The van der Waals surface area contributed by atoms with E-state index in [0.29, 0.717) is 13.1 Å². The van der Waals surface area contributed by atoms with Gasteiger partial charge >= 0.3 is 11.5 Å². The molecule has 5 nitrogen and oxygen atoms in total. The largest absolute Gasteiger partial charge is 0.453 e. The molecular weight excluding hydrogens is 246 g/mol. The van der Waals surface area contributed by atoms with Crippen molar-refractivity contribution < 1.29 is 19.1 Å². The summed E-state index contributed by atoms with van der Waals surface area (Å²) in [5, 5.41) is 0. The number of likely N-dealkylation sites (tertiary alicyclic amines) is 1. The summed E-state index contributed by atoms with van der Waals surface area (Å²) in [5.74, 6) is 0.144. The van der Waals surface area contributed by atoms with Gasteiger partial charge in [-0.2, -0.15) is 0 Å². The number of rotatable bonds is 2. The summed E-state index contributed by atoms with van der Waals surface area (Å²) >= 11 is 5.08. The summed E-state index contributed by atoms with van der Waals surface area (Å²) in [7, 11) is 0. The molecule has 1 heterocycles. The molecule has 1 aliphatic rings. The maximum Gasteiger partial charge on any atom is 0.410 e. The smallest absolute Gasteiger partial charge is 0.410 e. The first-order chi connectivity index (χ1) is 7.78. The summed E-state index contributed by atoms with van der Waals surface area (Å²) in [6, 6.07) is 0. The molecular formula is C11H18ClNO4. The van der Waals surface area contributed by atoms with E-state index in [2.05, 4.69) is 0 Å². The zero-order valence-corrected chi connectivity index (χ0v) is 11.1. The first-order valence-electron chi connectivity index (χ1n) is 5.58. The van der Waals surface area contributed by atoms with Crippen LogP contribution in [0.2, 0.25) is 0 Å². The molecule has 1 fully saturated rings. The zero-order chi connectivity index (χ0) is 13.1. The molecule has 1 rings (SSSR count). The van der Waals surface area contributed by atoms with Crippen molar-refractivity contribution in [2.45, 2.75) is 32.8 Å². The van der Waals surface area contributed by atoms with Crippen LogP contribution in [-0.4, -0.2) is 41.7 Å². The Kier molecular flexibility index (Phi) is 4.62. The van der Waals surface area contributed by atoms with Gasteiger partial charge in [0.25, 0.3) is 0 Å². The molecule has 0 aromatic rings. The molecule has 17 heavy (non-hydrogen) atoms. The van der Waals surface area contributed by atoms with E-state index in [1.165, 1.54) is 0 Å². The average molecular weight is 264 g/mol. The standard InChI is InChI=1S/C11H18ClNO4/c1-11(2,3)17-10(15)13-5-4-8(6-13)7-16-9(12)14/h8H,4-7H2,1-3H3/t8-/m0/s1. The van der Waals surface area contributed by atoms with Gasteiger partial charge in [-0.15, -0.1) is 0 Å². The summed E-state index contributed by atoms with van der Waals surface area (Å²) in [5.41, 5.74) is -1.29. The molecule has 0 bridgehead atoms. The van der Waals surface area contributed by atoms with Crippen LogP contribution in [0.3, 0.4) is 0 Å². The van der Waals surface area contributed by atoms with Gasteiger partial charge in [0.15, 0.2) is 0 Å². The fourth-order valence-corrected chi connectivity index (χ4v) is 1.71. The third kappa shape index (κ3) is 5.26. The van der Waals surface area contributed by atoms with Crippen LogP contribution in [0.5, 0.6) is 0 Å². The van der Waals surface area contributed by atoms with Crippen LogP contribution in [0.1, 0.15) is 27.2 Å². The van der Waals surface area contributed by atoms with Gasteiger partial charge in [0.05, 0.1) is 6.61 Å². The van der Waals surface area contributed by atoms with Crippen molar-refractivity contribution in [1.82, 2.24) is 4.90 Å². The van der Waals surface area contributed by atoms with Gasteiger partial charge in [0, 0.05) is 30.6 Å². The predicted molar refractivity (Wildman–Crippen MR) is 63.1 cm³/mol. The quantitative estimate of drug-likeness (QED) is 0.719. The maximum absolute atomic E-state index is 11.7. The summed E-state index contributed by atoms with van der Waals surface area (Å²) < 4.78 is 9.95. The van der Waals surface area contributed by atoms with E-state index in [0.717, 1.165) is 6.42 Å². The topological polar surface area (TPSA) is 55.8 Å². The zero-order valence-electron chi connectivity index (χ0n) is 10.4. The SMILES string of the molecule is CC(C)(C)OC(=O)N1CC[C@H](COC(=O)Cl)C1. The van der Waals surface area contributed by atoms with Gasteiger partial charge in [-0.05, 0) is 27.2 Å². The number of halogens is 1. The van der Waals surface area contributed by atoms with Crippen LogP contribution < -0.4 is 0 Å². The fourth-order valence-electron chi connectivity index (χ4n) is 1.64. The normalized spacial score (nSPS) is 20.2. The molecule has 1 saturated heterocycles. The Bertz CT molecular complexity index is 300. The van der Waals surface area contributed by atoms with E-state index in [4.69, 9.17) is 21.1 Å². The molecule has 98 valence electrons. The molecule has 1 aliphatic heterocycles. The third-order valence-corrected chi connectivity index (χ3v) is 2.48. The summed E-state index contributed by atoms with van der Waals surface area (Å²) in [6.45, 7) is 6.90. The first kappa shape index (κ1) is 14.1. The fraction of sp³-hybridized carbons (Fsp3) is 0.818. The summed E-state index contributed by atoms with van der Waals surface area (Å²) in [6.07, 6.45) is 0.473. The van der Waals surface area contributed by atoms with Crippen LogP contribution >= 0.6 is 11.6 Å². The second-order valence-electron chi connectivity index (χ2n) is 5.13. The lowest BCUT2D eigenvalue weighted by Crippen LogP contribution is -2.35. The molecule has 0 spiro atoms. The van der Waals surface area contributed by atoms with Crippen LogP contribution in [0.4, 0.5) is 9.59 Å². The number of amides is 1. The number of hydrogen-bond donors (Lipinski definition) is 0. The number of nitrogens with zero attached hydrogens (tertiary/aromatic N) is 1. The maximum atomic E-state index is 11.7. The van der Waals surface area contributed by atoms with E-state index >= 15 is 0 Å². The molecule has 6 heteroatoms. The molecule has 0 aliphatic carbocycles. The van der Waals surface area contributed by atoms with Crippen LogP contribution in [0, 0.1) is 5.92 Å². The predicted octanol–water partition coefficient (Wildman–Crippen LogP) is 2.62. The first-order valence-corrected chi connectivity index (χ1v) is 5.96. The van der Waals surface area contributed by atoms with Crippen LogP contribution in [-0.2, 0) is 9.47 Å². The van der Waals surface area contributed by atoms with Gasteiger partial charge in [-0.25, -0.2) is 9.59 Å². The molecule has 0 aromatic carbocycles. The van der Waals surface area contributed by atoms with E-state index < -0.39 is 11.0 Å². The van der Waals surface area contributed by atoms with Crippen molar-refractivity contribution in [2.75, 3.05) is 19.7 Å². The monoisotopic (exact) mass is 263 g/mol. The Morgan fingerprint density at radius 1 is 1.41 bits per heavy atom. The van der Waals surface area contributed by atoms with Gasteiger partial charge in [0.2, 0.25) is 0 Å². The highest BCUT2D eigenvalue weighted by Crippen LogP contribution is 2.19. The minimum Gasteiger partial charge on any atom is -0.453 e. The van der Waals surface area contributed by atoms with Crippen molar-refractivity contribution in [2.24, 2.45) is 5.92 Å². The lowest BCUT2D eigenvalue weighted by molar-refractivity contribution is 0.0283. The van der Waals surface area contributed by atoms with Gasteiger partial charge in [0.1, 0.15) is 5.60 Å². The van der Waals surface area contributed by atoms with E-state index in [-0.39, 0.29) is 18.6 Å². The Labute approximate surface area is 106 Å². The second-order valence-corrected chi connectivity index (χ2v) is 5.44. The van der Waals surface area contributed by atoms with Crippen molar-refractivity contribution in [3.63, 3.8) is 0 Å². The number of hydrogen-bond acceptors (Lipinski definition) is 4. The molecule has 1 atom stereocenters. The molecule has 1 amide bonds. The van der Waals surface area contributed by atoms with Crippen LogP contribution in [0.25, 0.3) is 0 Å². The highest BCUT2D eigenvalue weighted by Gasteiger charge is 2.30. The molecule has 0 unspecified atom stereocenters. The molecule has 0 aromatic heterocycles. The molecule has 0 saturated carbocycles. The molecule has 0 radical (unpaired) electrons. The van der Waals surface area contributed by atoms with Crippen molar-refractivity contribution in [3.8, 4) is 0 Å². The van der Waals surface area contributed by atoms with Crippen LogP contribution in [0.15, 0.2) is 0 Å². The Balaban J connectivity index is 2.34. The third-order valence-electron chi connectivity index (χ3n) is 2.37. The number of carbonyl (C=O) groups excluding carboxylic acids is 2. The van der Waals surface area contributed by atoms with E-state index in [9.17, 15) is 9.59 Å². The average Bonchev–Trinajstić information content (AvgIpc) is 2.60. The minimum atomic E-state index is -0.805. The van der Waals surface area contributed by atoms with Crippen molar-refractivity contribution in [1.29, 1.82) is 0 Å². The molecule has 0 N–H and O–H groups in total. The second kappa shape index (κ2) is 5.58. The van der Waals surface area contributed by atoms with Crippen molar-refractivity contribution in [3.05, 3.63) is 0 Å². The number of ether oxygens (including phenoxy) is 2. The Morgan fingerprint density at radius 3 is 2.59 bits per heavy atom. The van der Waals surface area contributed by atoms with Gasteiger partial charge in [-0.3, -0.25) is 0 Å². The van der Waals surface area contributed by atoms with Crippen molar-refractivity contribution >= 4 is 23.1 Å².